The van der Waals surface area contributed by atoms with Crippen molar-refractivity contribution in [3.05, 3.63) is 29.3 Å². The van der Waals surface area contributed by atoms with Gasteiger partial charge in [0.25, 0.3) is 5.91 Å². The van der Waals surface area contributed by atoms with Crippen molar-refractivity contribution in [1.82, 2.24) is 10.2 Å². The Morgan fingerprint density at radius 3 is 2.67 bits per heavy atom. The van der Waals surface area contributed by atoms with E-state index < -0.39 is 0 Å². The Balaban J connectivity index is 1.50. The zero-order valence-corrected chi connectivity index (χ0v) is 20.3. The van der Waals surface area contributed by atoms with E-state index >= 15 is 0 Å². The molecular weight excluding hydrogens is 418 g/mol. The van der Waals surface area contributed by atoms with Crippen LogP contribution in [0, 0.1) is 11.8 Å². The molecule has 1 aliphatic carbocycles. The fourth-order valence-electron chi connectivity index (χ4n) is 6.28. The van der Waals surface area contributed by atoms with E-state index in [4.69, 9.17) is 4.74 Å². The summed E-state index contributed by atoms with van der Waals surface area (Å²) in [6, 6.07) is 6.23. The molecule has 7 heteroatoms. The fraction of sp³-hybridized carbons (Fsp3) is 0.692. The van der Waals surface area contributed by atoms with Crippen LogP contribution in [0.4, 0.5) is 5.69 Å². The molecule has 0 bridgehead atoms. The van der Waals surface area contributed by atoms with Crippen molar-refractivity contribution in [3.8, 4) is 0 Å². The molecule has 1 aromatic carbocycles. The van der Waals surface area contributed by atoms with Crippen molar-refractivity contribution in [3.63, 3.8) is 0 Å². The third-order valence-corrected chi connectivity index (χ3v) is 8.40. The number of benzene rings is 1. The Kier molecular flexibility index (Phi) is 7.59. The number of aliphatic hydroxyl groups is 1. The minimum Gasteiger partial charge on any atom is -0.394 e. The van der Waals surface area contributed by atoms with E-state index in [9.17, 15) is 14.7 Å². The smallest absolute Gasteiger partial charge is 0.253 e. The van der Waals surface area contributed by atoms with Crippen LogP contribution in [0.15, 0.2) is 18.2 Å². The zero-order chi connectivity index (χ0) is 23.5. The molecule has 4 atom stereocenters. The SMILES string of the molecule is CNC(=O)CC[C@@H](CO)N(C)C(=O)c1ccc2c(c1)C1C[C@H](C3CCOCC3)CCC1N2C. The number of hydrogen-bond donors (Lipinski definition) is 2. The maximum atomic E-state index is 13.3. The van der Waals surface area contributed by atoms with E-state index in [1.54, 1.807) is 19.0 Å². The van der Waals surface area contributed by atoms with Crippen LogP contribution in [0.3, 0.4) is 0 Å². The lowest BCUT2D eigenvalue weighted by molar-refractivity contribution is -0.121. The summed E-state index contributed by atoms with van der Waals surface area (Å²) < 4.78 is 5.59. The molecule has 2 unspecified atom stereocenters. The van der Waals surface area contributed by atoms with Crippen molar-refractivity contribution in [1.29, 1.82) is 0 Å². The van der Waals surface area contributed by atoms with Crippen LogP contribution >= 0.6 is 0 Å². The highest BCUT2D eigenvalue weighted by Gasteiger charge is 2.43. The predicted molar refractivity (Wildman–Crippen MR) is 129 cm³/mol. The maximum absolute atomic E-state index is 13.3. The number of likely N-dealkylation sites (N-methyl/N-ethyl adjacent to an activating group) is 2. The van der Waals surface area contributed by atoms with E-state index in [2.05, 4.69) is 29.4 Å². The zero-order valence-electron chi connectivity index (χ0n) is 20.3. The van der Waals surface area contributed by atoms with Gasteiger partial charge in [0.2, 0.25) is 5.91 Å². The summed E-state index contributed by atoms with van der Waals surface area (Å²) in [5, 5.41) is 12.4. The average Bonchev–Trinajstić information content (AvgIpc) is 3.14. The van der Waals surface area contributed by atoms with Crippen molar-refractivity contribution in [2.24, 2.45) is 11.8 Å². The van der Waals surface area contributed by atoms with Crippen LogP contribution in [-0.4, -0.2) is 74.9 Å². The van der Waals surface area contributed by atoms with Crippen LogP contribution in [0.2, 0.25) is 0 Å². The van der Waals surface area contributed by atoms with Gasteiger partial charge in [-0.3, -0.25) is 9.59 Å². The molecule has 182 valence electrons. The molecule has 2 aliphatic heterocycles. The predicted octanol–water partition coefficient (Wildman–Crippen LogP) is 2.77. The quantitative estimate of drug-likeness (QED) is 0.658. The van der Waals surface area contributed by atoms with E-state index in [0.717, 1.165) is 25.0 Å². The van der Waals surface area contributed by atoms with Crippen LogP contribution in [0.1, 0.15) is 66.8 Å². The lowest BCUT2D eigenvalue weighted by atomic mass is 9.70. The second kappa shape index (κ2) is 10.4. The van der Waals surface area contributed by atoms with Gasteiger partial charge < -0.3 is 25.0 Å². The first-order valence-electron chi connectivity index (χ1n) is 12.5. The van der Waals surface area contributed by atoms with Crippen LogP contribution in [-0.2, 0) is 9.53 Å². The molecule has 0 aromatic heterocycles. The molecule has 1 saturated carbocycles. The van der Waals surface area contributed by atoms with E-state index in [1.807, 2.05) is 6.07 Å². The van der Waals surface area contributed by atoms with Crippen LogP contribution in [0.25, 0.3) is 0 Å². The first-order chi connectivity index (χ1) is 15.9. The summed E-state index contributed by atoms with van der Waals surface area (Å²) in [6.45, 7) is 1.62. The summed E-state index contributed by atoms with van der Waals surface area (Å²) in [5.74, 6) is 1.77. The highest BCUT2D eigenvalue weighted by Crippen LogP contribution is 2.51. The second-order valence-electron chi connectivity index (χ2n) is 10.0. The third-order valence-electron chi connectivity index (χ3n) is 8.40. The van der Waals surface area contributed by atoms with Crippen molar-refractivity contribution >= 4 is 17.5 Å². The van der Waals surface area contributed by atoms with E-state index in [1.165, 1.54) is 43.4 Å². The summed E-state index contributed by atoms with van der Waals surface area (Å²) in [5.41, 5.74) is 3.21. The van der Waals surface area contributed by atoms with Gasteiger partial charge in [-0.15, -0.1) is 0 Å². The summed E-state index contributed by atoms with van der Waals surface area (Å²) in [7, 11) is 5.50. The van der Waals surface area contributed by atoms with Gasteiger partial charge in [-0.25, -0.2) is 0 Å². The summed E-state index contributed by atoms with van der Waals surface area (Å²) in [4.78, 5) is 28.9. The number of nitrogens with zero attached hydrogens (tertiary/aromatic N) is 2. The Bertz CT molecular complexity index is 854. The fourth-order valence-corrected chi connectivity index (χ4v) is 6.28. The summed E-state index contributed by atoms with van der Waals surface area (Å²) >= 11 is 0. The molecule has 1 aromatic rings. The van der Waals surface area contributed by atoms with Crippen LogP contribution < -0.4 is 10.2 Å². The van der Waals surface area contributed by atoms with E-state index in [0.29, 0.717) is 23.9 Å². The number of anilines is 1. The number of rotatable bonds is 7. The Labute approximate surface area is 197 Å². The van der Waals surface area contributed by atoms with E-state index in [-0.39, 0.29) is 30.9 Å². The summed E-state index contributed by atoms with van der Waals surface area (Å²) in [6.07, 6.45) is 6.73. The molecule has 7 nitrogen and oxygen atoms in total. The van der Waals surface area contributed by atoms with Crippen molar-refractivity contribution in [2.75, 3.05) is 45.9 Å². The molecular formula is C26H39N3O4. The number of ether oxygens (including phenoxy) is 1. The largest absolute Gasteiger partial charge is 0.394 e. The number of carbonyl (C=O) groups is 2. The van der Waals surface area contributed by atoms with Gasteiger partial charge in [0.05, 0.1) is 12.6 Å². The molecule has 4 rings (SSSR count). The molecule has 2 heterocycles. The van der Waals surface area contributed by atoms with Crippen LogP contribution in [0.5, 0.6) is 0 Å². The Hall–Kier alpha value is -2.12. The molecule has 0 radical (unpaired) electrons. The third kappa shape index (κ3) is 4.90. The monoisotopic (exact) mass is 457 g/mol. The maximum Gasteiger partial charge on any atom is 0.253 e. The molecule has 2 fully saturated rings. The van der Waals surface area contributed by atoms with Gasteiger partial charge in [-0.2, -0.15) is 0 Å². The van der Waals surface area contributed by atoms with Gasteiger partial charge in [0, 0.05) is 64.0 Å². The number of fused-ring (bicyclic) bond motifs is 3. The van der Waals surface area contributed by atoms with Gasteiger partial charge in [-0.05, 0) is 74.1 Å². The number of amides is 2. The standard InChI is InChI=1S/C26H39N3O4/c1-27-25(31)9-6-20(16-30)28(2)26(32)19-5-8-24-22(15-19)21-14-18(4-7-23(21)29(24)3)17-10-12-33-13-11-17/h5,8,15,17-18,20-21,23,30H,4,6-7,9-14,16H2,1-3H3,(H,27,31)/t18-,20+,21?,23?/m1/s1. The second-order valence-corrected chi connectivity index (χ2v) is 10.0. The molecule has 0 spiro atoms. The Morgan fingerprint density at radius 2 is 1.97 bits per heavy atom. The normalized spacial score (nSPS) is 25.8. The minimum atomic E-state index is -0.383. The first kappa shape index (κ1) is 24.0. The average molecular weight is 458 g/mol. The number of nitrogens with one attached hydrogen (secondary N) is 1. The number of carbonyl (C=O) groups excluding carboxylic acids is 2. The molecule has 2 amide bonds. The van der Waals surface area contributed by atoms with Gasteiger partial charge >= 0.3 is 0 Å². The molecule has 33 heavy (non-hydrogen) atoms. The molecule has 3 aliphatic rings. The molecule has 2 N–H and O–H groups in total. The van der Waals surface area contributed by atoms with Gasteiger partial charge in [-0.1, -0.05) is 0 Å². The lowest BCUT2D eigenvalue weighted by Crippen LogP contribution is -2.40. The number of aliphatic hydroxyl groups excluding tert-OH is 1. The highest BCUT2D eigenvalue weighted by molar-refractivity contribution is 5.95. The minimum absolute atomic E-state index is 0.0858. The lowest BCUT2D eigenvalue weighted by Gasteiger charge is -2.40. The number of hydrogen-bond acceptors (Lipinski definition) is 5. The van der Waals surface area contributed by atoms with Crippen molar-refractivity contribution in [2.45, 2.75) is 62.9 Å². The first-order valence-corrected chi connectivity index (χ1v) is 12.5. The van der Waals surface area contributed by atoms with Gasteiger partial charge in [0.1, 0.15) is 0 Å². The van der Waals surface area contributed by atoms with Gasteiger partial charge in [0.15, 0.2) is 0 Å². The molecule has 1 saturated heterocycles. The Morgan fingerprint density at radius 1 is 1.21 bits per heavy atom. The topological polar surface area (TPSA) is 82.1 Å². The highest BCUT2D eigenvalue weighted by atomic mass is 16.5. The van der Waals surface area contributed by atoms with Crippen molar-refractivity contribution < 1.29 is 19.4 Å².